The molecule has 0 saturated carbocycles. The third-order valence-corrected chi connectivity index (χ3v) is 3.00. The molecular formula is C17H13NO. The lowest BCUT2D eigenvalue weighted by Crippen LogP contribution is -1.83. The lowest BCUT2D eigenvalue weighted by molar-refractivity contribution is 0.475. The van der Waals surface area contributed by atoms with Gasteiger partial charge in [0.2, 0.25) is 0 Å². The third kappa shape index (κ3) is 2.47. The molecule has 1 heterocycles. The van der Waals surface area contributed by atoms with E-state index in [4.69, 9.17) is 0 Å². The van der Waals surface area contributed by atoms with Gasteiger partial charge in [-0.05, 0) is 41.5 Å². The van der Waals surface area contributed by atoms with E-state index in [1.165, 1.54) is 0 Å². The van der Waals surface area contributed by atoms with Crippen LogP contribution in [0, 0.1) is 0 Å². The fourth-order valence-corrected chi connectivity index (χ4v) is 2.08. The predicted molar refractivity (Wildman–Crippen MR) is 76.8 cm³/mol. The Balaban J connectivity index is 2.06. The summed E-state index contributed by atoms with van der Waals surface area (Å²) in [7, 11) is 0. The maximum Gasteiger partial charge on any atom is 0.116 e. The third-order valence-electron chi connectivity index (χ3n) is 3.00. The number of aromatic hydroxyl groups is 1. The molecule has 3 rings (SSSR count). The highest BCUT2D eigenvalue weighted by Crippen LogP contribution is 2.27. The average molecular weight is 247 g/mol. The van der Waals surface area contributed by atoms with E-state index in [9.17, 15) is 5.11 Å². The number of aromatic nitrogens is 1. The van der Waals surface area contributed by atoms with E-state index in [2.05, 4.69) is 11.1 Å². The molecule has 0 unspecified atom stereocenters. The quantitative estimate of drug-likeness (QED) is 0.738. The molecule has 2 heteroatoms. The zero-order chi connectivity index (χ0) is 13.1. The molecule has 0 saturated heterocycles. The standard InChI is InChI=1S/C17H13NO/c19-16-8-4-6-14(12-16)13-5-3-7-15(11-13)17-9-1-2-10-18-17/h1-12,19H. The number of benzene rings is 2. The Morgan fingerprint density at radius 3 is 2.16 bits per heavy atom. The molecule has 0 aliphatic carbocycles. The molecule has 1 N–H and O–H groups in total. The summed E-state index contributed by atoms with van der Waals surface area (Å²) < 4.78 is 0. The molecule has 3 aromatic rings. The molecule has 0 aliphatic heterocycles. The first-order valence-electron chi connectivity index (χ1n) is 6.14. The van der Waals surface area contributed by atoms with Crippen LogP contribution in [0.5, 0.6) is 5.75 Å². The number of hydrogen-bond acceptors (Lipinski definition) is 2. The fraction of sp³-hybridized carbons (Fsp3) is 0. The lowest BCUT2D eigenvalue weighted by Gasteiger charge is -2.05. The maximum absolute atomic E-state index is 9.55. The van der Waals surface area contributed by atoms with Gasteiger partial charge in [0.15, 0.2) is 0 Å². The minimum atomic E-state index is 0.278. The van der Waals surface area contributed by atoms with Crippen molar-refractivity contribution in [2.75, 3.05) is 0 Å². The van der Waals surface area contributed by atoms with Gasteiger partial charge in [0, 0.05) is 11.8 Å². The van der Waals surface area contributed by atoms with Crippen LogP contribution in [-0.4, -0.2) is 10.1 Å². The van der Waals surface area contributed by atoms with Gasteiger partial charge in [-0.15, -0.1) is 0 Å². The van der Waals surface area contributed by atoms with Gasteiger partial charge in [-0.25, -0.2) is 0 Å². The molecule has 0 bridgehead atoms. The Kier molecular flexibility index (Phi) is 2.99. The summed E-state index contributed by atoms with van der Waals surface area (Å²) in [6.45, 7) is 0. The topological polar surface area (TPSA) is 33.1 Å². The van der Waals surface area contributed by atoms with E-state index in [1.807, 2.05) is 48.5 Å². The molecule has 2 nitrogen and oxygen atoms in total. The SMILES string of the molecule is Oc1cccc(-c2cccc(-c3ccccn3)c2)c1. The molecule has 0 spiro atoms. The molecule has 19 heavy (non-hydrogen) atoms. The number of phenols is 1. The monoisotopic (exact) mass is 247 g/mol. The number of hydrogen-bond donors (Lipinski definition) is 1. The van der Waals surface area contributed by atoms with E-state index < -0.39 is 0 Å². The molecule has 0 aliphatic rings. The summed E-state index contributed by atoms with van der Waals surface area (Å²) in [5, 5.41) is 9.55. The highest BCUT2D eigenvalue weighted by molar-refractivity contribution is 5.72. The lowest BCUT2D eigenvalue weighted by atomic mass is 10.0. The Labute approximate surface area is 112 Å². The summed E-state index contributed by atoms with van der Waals surface area (Å²) in [4.78, 5) is 4.35. The normalized spacial score (nSPS) is 10.3. The Hall–Kier alpha value is -2.61. The summed E-state index contributed by atoms with van der Waals surface area (Å²) in [5.41, 5.74) is 4.09. The molecule has 1 aromatic heterocycles. The highest BCUT2D eigenvalue weighted by Gasteiger charge is 2.02. The van der Waals surface area contributed by atoms with Crippen LogP contribution in [0.1, 0.15) is 0 Å². The van der Waals surface area contributed by atoms with Gasteiger partial charge in [-0.1, -0.05) is 36.4 Å². The molecular weight excluding hydrogens is 234 g/mol. The van der Waals surface area contributed by atoms with Crippen molar-refractivity contribution in [3.63, 3.8) is 0 Å². The zero-order valence-corrected chi connectivity index (χ0v) is 10.3. The van der Waals surface area contributed by atoms with Crippen LogP contribution >= 0.6 is 0 Å². The predicted octanol–water partition coefficient (Wildman–Crippen LogP) is 4.12. The van der Waals surface area contributed by atoms with Crippen LogP contribution in [0.3, 0.4) is 0 Å². The van der Waals surface area contributed by atoms with E-state index in [0.717, 1.165) is 22.4 Å². The second kappa shape index (κ2) is 4.94. The molecule has 0 radical (unpaired) electrons. The number of pyridine rings is 1. The minimum absolute atomic E-state index is 0.278. The van der Waals surface area contributed by atoms with Gasteiger partial charge in [-0.2, -0.15) is 0 Å². The highest BCUT2D eigenvalue weighted by atomic mass is 16.3. The summed E-state index contributed by atoms with van der Waals surface area (Å²) >= 11 is 0. The van der Waals surface area contributed by atoms with Gasteiger partial charge in [0.1, 0.15) is 5.75 Å². The molecule has 0 fully saturated rings. The Bertz CT molecular complexity index is 692. The van der Waals surface area contributed by atoms with Gasteiger partial charge in [0.05, 0.1) is 5.69 Å². The van der Waals surface area contributed by atoms with Crippen molar-refractivity contribution in [3.05, 3.63) is 72.9 Å². The van der Waals surface area contributed by atoms with Gasteiger partial charge < -0.3 is 5.11 Å². The van der Waals surface area contributed by atoms with Crippen molar-refractivity contribution in [2.45, 2.75) is 0 Å². The van der Waals surface area contributed by atoms with Crippen molar-refractivity contribution >= 4 is 0 Å². The Morgan fingerprint density at radius 1 is 0.684 bits per heavy atom. The minimum Gasteiger partial charge on any atom is -0.508 e. The number of phenolic OH excluding ortho intramolecular Hbond substituents is 1. The van der Waals surface area contributed by atoms with Crippen LogP contribution in [0.15, 0.2) is 72.9 Å². The molecule has 2 aromatic carbocycles. The Morgan fingerprint density at radius 2 is 1.42 bits per heavy atom. The maximum atomic E-state index is 9.55. The molecule has 0 amide bonds. The second-order valence-corrected chi connectivity index (χ2v) is 4.35. The van der Waals surface area contributed by atoms with Crippen molar-refractivity contribution < 1.29 is 5.11 Å². The first-order chi connectivity index (χ1) is 9.33. The summed E-state index contributed by atoms with van der Waals surface area (Å²) in [6.07, 6.45) is 1.79. The fourth-order valence-electron chi connectivity index (χ4n) is 2.08. The van der Waals surface area contributed by atoms with E-state index in [1.54, 1.807) is 18.3 Å². The first-order valence-corrected chi connectivity index (χ1v) is 6.14. The van der Waals surface area contributed by atoms with Crippen LogP contribution in [-0.2, 0) is 0 Å². The number of rotatable bonds is 2. The summed E-state index contributed by atoms with van der Waals surface area (Å²) in [5.74, 6) is 0.278. The number of nitrogens with zero attached hydrogens (tertiary/aromatic N) is 1. The van der Waals surface area contributed by atoms with E-state index >= 15 is 0 Å². The van der Waals surface area contributed by atoms with Gasteiger partial charge >= 0.3 is 0 Å². The summed E-state index contributed by atoms with van der Waals surface area (Å²) in [6, 6.07) is 21.3. The molecule has 92 valence electrons. The smallest absolute Gasteiger partial charge is 0.116 e. The zero-order valence-electron chi connectivity index (χ0n) is 10.3. The first kappa shape index (κ1) is 11.5. The van der Waals surface area contributed by atoms with E-state index in [0.29, 0.717) is 0 Å². The largest absolute Gasteiger partial charge is 0.508 e. The van der Waals surface area contributed by atoms with Gasteiger partial charge in [-0.3, -0.25) is 4.98 Å². The van der Waals surface area contributed by atoms with Crippen LogP contribution in [0.25, 0.3) is 22.4 Å². The van der Waals surface area contributed by atoms with Crippen LogP contribution < -0.4 is 0 Å². The van der Waals surface area contributed by atoms with Crippen LogP contribution in [0.4, 0.5) is 0 Å². The van der Waals surface area contributed by atoms with Crippen LogP contribution in [0.2, 0.25) is 0 Å². The van der Waals surface area contributed by atoms with Gasteiger partial charge in [0.25, 0.3) is 0 Å². The van der Waals surface area contributed by atoms with Crippen molar-refractivity contribution in [1.29, 1.82) is 0 Å². The van der Waals surface area contributed by atoms with Crippen molar-refractivity contribution in [1.82, 2.24) is 4.98 Å². The van der Waals surface area contributed by atoms with E-state index in [-0.39, 0.29) is 5.75 Å². The molecule has 0 atom stereocenters. The van der Waals surface area contributed by atoms with Crippen molar-refractivity contribution in [2.24, 2.45) is 0 Å². The van der Waals surface area contributed by atoms with Crippen molar-refractivity contribution in [3.8, 4) is 28.1 Å². The average Bonchev–Trinajstić information content (AvgIpc) is 2.48. The second-order valence-electron chi connectivity index (χ2n) is 4.35.